The highest BCUT2D eigenvalue weighted by Gasteiger charge is 2.19. The fourth-order valence-corrected chi connectivity index (χ4v) is 1.54. The Morgan fingerprint density at radius 2 is 1.80 bits per heavy atom. The van der Waals surface area contributed by atoms with Gasteiger partial charge in [0.25, 0.3) is 0 Å². The minimum atomic E-state index is -0.172. The van der Waals surface area contributed by atoms with Crippen LogP contribution in [-0.4, -0.2) is 10.2 Å². The molecule has 0 atom stereocenters. The maximum Gasteiger partial charge on any atom is 0.119 e. The SMILES string of the molecule is C=CCc1cc(O)c(C(C)(C)C)cc1O. The van der Waals surface area contributed by atoms with Crippen LogP contribution in [0, 0.1) is 0 Å². The molecule has 1 aromatic rings. The Labute approximate surface area is 90.9 Å². The maximum absolute atomic E-state index is 9.83. The van der Waals surface area contributed by atoms with Gasteiger partial charge in [-0.05, 0) is 24.0 Å². The summed E-state index contributed by atoms with van der Waals surface area (Å²) in [6.07, 6.45) is 2.26. The summed E-state index contributed by atoms with van der Waals surface area (Å²) in [7, 11) is 0. The lowest BCUT2D eigenvalue weighted by atomic mass is 9.85. The van der Waals surface area contributed by atoms with Crippen LogP contribution in [0.4, 0.5) is 0 Å². The molecule has 0 radical (unpaired) electrons. The molecule has 15 heavy (non-hydrogen) atoms. The molecule has 2 heteroatoms. The highest BCUT2D eigenvalue weighted by Crippen LogP contribution is 2.35. The van der Waals surface area contributed by atoms with E-state index in [0.29, 0.717) is 12.0 Å². The van der Waals surface area contributed by atoms with Crippen molar-refractivity contribution < 1.29 is 10.2 Å². The van der Waals surface area contributed by atoms with Crippen molar-refractivity contribution in [3.63, 3.8) is 0 Å². The minimum Gasteiger partial charge on any atom is -0.508 e. The van der Waals surface area contributed by atoms with Gasteiger partial charge >= 0.3 is 0 Å². The molecule has 1 rings (SSSR count). The highest BCUT2D eigenvalue weighted by molar-refractivity contribution is 5.48. The van der Waals surface area contributed by atoms with Crippen molar-refractivity contribution >= 4 is 0 Å². The van der Waals surface area contributed by atoms with Crippen molar-refractivity contribution in [2.24, 2.45) is 0 Å². The molecular formula is C13H18O2. The van der Waals surface area contributed by atoms with Gasteiger partial charge in [-0.1, -0.05) is 26.8 Å². The smallest absolute Gasteiger partial charge is 0.119 e. The van der Waals surface area contributed by atoms with E-state index in [0.717, 1.165) is 5.56 Å². The van der Waals surface area contributed by atoms with Crippen molar-refractivity contribution in [2.45, 2.75) is 32.6 Å². The van der Waals surface area contributed by atoms with Crippen LogP contribution in [0.15, 0.2) is 24.8 Å². The molecule has 0 saturated heterocycles. The number of phenolic OH excluding ortho intramolecular Hbond substituents is 2. The lowest BCUT2D eigenvalue weighted by molar-refractivity contribution is 0.432. The maximum atomic E-state index is 9.83. The van der Waals surface area contributed by atoms with Crippen molar-refractivity contribution in [2.75, 3.05) is 0 Å². The first kappa shape index (κ1) is 11.6. The molecule has 0 bridgehead atoms. The first-order chi connectivity index (χ1) is 6.86. The molecule has 0 saturated carbocycles. The third-order valence-corrected chi connectivity index (χ3v) is 2.37. The molecule has 0 aliphatic rings. The zero-order chi connectivity index (χ0) is 11.6. The fourth-order valence-electron chi connectivity index (χ4n) is 1.54. The predicted octanol–water partition coefficient (Wildman–Crippen LogP) is 3.12. The highest BCUT2D eigenvalue weighted by atomic mass is 16.3. The molecule has 0 fully saturated rings. The number of hydrogen-bond acceptors (Lipinski definition) is 2. The first-order valence-electron chi connectivity index (χ1n) is 5.02. The van der Waals surface area contributed by atoms with Gasteiger partial charge in [-0.15, -0.1) is 6.58 Å². The Morgan fingerprint density at radius 3 is 2.27 bits per heavy atom. The quantitative estimate of drug-likeness (QED) is 0.576. The summed E-state index contributed by atoms with van der Waals surface area (Å²) >= 11 is 0. The Morgan fingerprint density at radius 1 is 1.20 bits per heavy atom. The lowest BCUT2D eigenvalue weighted by Gasteiger charge is -2.21. The monoisotopic (exact) mass is 206 g/mol. The summed E-state index contributed by atoms with van der Waals surface area (Å²) < 4.78 is 0. The third kappa shape index (κ3) is 2.52. The molecular weight excluding hydrogens is 188 g/mol. The Hall–Kier alpha value is -1.44. The van der Waals surface area contributed by atoms with Crippen molar-refractivity contribution in [3.8, 4) is 11.5 Å². The van der Waals surface area contributed by atoms with Gasteiger partial charge in [0.05, 0.1) is 0 Å². The second kappa shape index (κ2) is 3.97. The van der Waals surface area contributed by atoms with Gasteiger partial charge in [-0.3, -0.25) is 0 Å². The second-order valence-corrected chi connectivity index (χ2v) is 4.74. The van der Waals surface area contributed by atoms with E-state index in [-0.39, 0.29) is 16.9 Å². The standard InChI is InChI=1S/C13H18O2/c1-5-6-9-7-12(15)10(8-11(9)14)13(2,3)4/h5,7-8,14-15H,1,6H2,2-4H3. The molecule has 2 nitrogen and oxygen atoms in total. The van der Waals surface area contributed by atoms with Crippen molar-refractivity contribution in [3.05, 3.63) is 35.9 Å². The molecule has 0 aromatic heterocycles. The zero-order valence-electron chi connectivity index (χ0n) is 9.54. The van der Waals surface area contributed by atoms with Gasteiger partial charge in [0, 0.05) is 11.1 Å². The van der Waals surface area contributed by atoms with Crippen LogP contribution >= 0.6 is 0 Å². The molecule has 0 spiro atoms. The summed E-state index contributed by atoms with van der Waals surface area (Å²) in [6.45, 7) is 9.59. The molecule has 0 aliphatic heterocycles. The number of hydrogen-bond donors (Lipinski definition) is 2. The Balaban J connectivity index is 3.25. The van der Waals surface area contributed by atoms with E-state index in [1.54, 1.807) is 18.2 Å². The lowest BCUT2D eigenvalue weighted by Crippen LogP contribution is -2.11. The van der Waals surface area contributed by atoms with Crippen LogP contribution in [0.2, 0.25) is 0 Å². The van der Waals surface area contributed by atoms with Crippen molar-refractivity contribution in [1.82, 2.24) is 0 Å². The van der Waals surface area contributed by atoms with Gasteiger partial charge in [-0.25, -0.2) is 0 Å². The van der Waals surface area contributed by atoms with Crippen molar-refractivity contribution in [1.29, 1.82) is 0 Å². The third-order valence-electron chi connectivity index (χ3n) is 2.37. The Bertz CT molecular complexity index is 373. The first-order valence-corrected chi connectivity index (χ1v) is 5.02. The summed E-state index contributed by atoms with van der Waals surface area (Å²) in [4.78, 5) is 0. The van der Waals surface area contributed by atoms with E-state index in [1.165, 1.54) is 0 Å². The zero-order valence-corrected chi connectivity index (χ0v) is 9.54. The molecule has 82 valence electrons. The Kier molecular flexibility index (Phi) is 3.08. The fraction of sp³-hybridized carbons (Fsp3) is 0.385. The van der Waals surface area contributed by atoms with Gasteiger partial charge < -0.3 is 10.2 Å². The average Bonchev–Trinajstić information content (AvgIpc) is 2.09. The molecule has 0 heterocycles. The van der Waals surface area contributed by atoms with E-state index >= 15 is 0 Å². The number of benzene rings is 1. The largest absolute Gasteiger partial charge is 0.508 e. The van der Waals surface area contributed by atoms with E-state index in [1.807, 2.05) is 20.8 Å². The van der Waals surface area contributed by atoms with Gasteiger partial charge in [0.2, 0.25) is 0 Å². The van der Waals surface area contributed by atoms with E-state index in [9.17, 15) is 10.2 Å². The summed E-state index contributed by atoms with van der Waals surface area (Å²) in [5.41, 5.74) is 1.29. The van der Waals surface area contributed by atoms with Crippen LogP contribution in [-0.2, 0) is 11.8 Å². The molecule has 2 N–H and O–H groups in total. The number of allylic oxidation sites excluding steroid dienone is 1. The molecule has 0 amide bonds. The summed E-state index contributed by atoms with van der Waals surface area (Å²) in [5.74, 6) is 0.453. The molecule has 1 aromatic carbocycles. The topological polar surface area (TPSA) is 40.5 Å². The summed E-state index contributed by atoms with van der Waals surface area (Å²) in [5, 5.41) is 19.6. The predicted molar refractivity (Wildman–Crippen MR) is 62.4 cm³/mol. The number of rotatable bonds is 2. The number of aromatic hydroxyl groups is 2. The second-order valence-electron chi connectivity index (χ2n) is 4.74. The van der Waals surface area contributed by atoms with Crippen LogP contribution in [0.1, 0.15) is 31.9 Å². The van der Waals surface area contributed by atoms with E-state index in [4.69, 9.17) is 0 Å². The van der Waals surface area contributed by atoms with Gasteiger partial charge in [0.1, 0.15) is 11.5 Å². The van der Waals surface area contributed by atoms with Crippen LogP contribution in [0.5, 0.6) is 11.5 Å². The molecule has 0 aliphatic carbocycles. The normalized spacial score (nSPS) is 11.4. The van der Waals surface area contributed by atoms with Gasteiger partial charge in [0.15, 0.2) is 0 Å². The summed E-state index contributed by atoms with van der Waals surface area (Å²) in [6, 6.07) is 3.24. The number of phenols is 2. The van der Waals surface area contributed by atoms with Crippen LogP contribution < -0.4 is 0 Å². The van der Waals surface area contributed by atoms with E-state index in [2.05, 4.69) is 6.58 Å². The van der Waals surface area contributed by atoms with Gasteiger partial charge in [-0.2, -0.15) is 0 Å². The average molecular weight is 206 g/mol. The molecule has 0 unspecified atom stereocenters. The minimum absolute atomic E-state index is 0.172. The van der Waals surface area contributed by atoms with Crippen LogP contribution in [0.25, 0.3) is 0 Å². The van der Waals surface area contributed by atoms with Crippen LogP contribution in [0.3, 0.4) is 0 Å². The van der Waals surface area contributed by atoms with E-state index < -0.39 is 0 Å².